The zero-order valence-electron chi connectivity index (χ0n) is 9.71. The lowest BCUT2D eigenvalue weighted by atomic mass is 10.2. The highest BCUT2D eigenvalue weighted by Gasteiger charge is 2.21. The Kier molecular flexibility index (Phi) is 3.02. The first-order chi connectivity index (χ1) is 8.84. The van der Waals surface area contributed by atoms with E-state index < -0.39 is 0 Å². The molecule has 1 aliphatic rings. The summed E-state index contributed by atoms with van der Waals surface area (Å²) in [6.07, 6.45) is 1.70. The van der Waals surface area contributed by atoms with Crippen LogP contribution in [0.25, 0.3) is 0 Å². The lowest BCUT2D eigenvalue weighted by Crippen LogP contribution is -2.32. The molecule has 0 saturated heterocycles. The van der Waals surface area contributed by atoms with Gasteiger partial charge >= 0.3 is 0 Å². The molecule has 4 nitrogen and oxygen atoms in total. The molecule has 0 aliphatic carbocycles. The average Bonchev–Trinajstić information content (AvgIpc) is 2.41. The van der Waals surface area contributed by atoms with Gasteiger partial charge in [0.15, 0.2) is 10.9 Å². The van der Waals surface area contributed by atoms with Gasteiger partial charge in [-0.05, 0) is 5.56 Å². The Morgan fingerprint density at radius 2 is 2.11 bits per heavy atom. The van der Waals surface area contributed by atoms with Crippen LogP contribution < -0.4 is 9.64 Å². The van der Waals surface area contributed by atoms with E-state index in [1.807, 2.05) is 18.2 Å². The SMILES string of the molecule is Clc1nncc2c1OCCN2Cc1ccccc1. The predicted molar refractivity (Wildman–Crippen MR) is 70.0 cm³/mol. The van der Waals surface area contributed by atoms with Crippen molar-refractivity contribution in [1.29, 1.82) is 0 Å². The van der Waals surface area contributed by atoms with Crippen LogP contribution in [0.3, 0.4) is 0 Å². The fourth-order valence-corrected chi connectivity index (χ4v) is 2.24. The summed E-state index contributed by atoms with van der Waals surface area (Å²) in [5, 5.41) is 8.01. The molecule has 0 N–H and O–H groups in total. The van der Waals surface area contributed by atoms with Crippen LogP contribution in [0.5, 0.6) is 5.75 Å². The summed E-state index contributed by atoms with van der Waals surface area (Å²) in [4.78, 5) is 2.20. The highest BCUT2D eigenvalue weighted by molar-refractivity contribution is 6.31. The fourth-order valence-electron chi connectivity index (χ4n) is 2.05. The minimum Gasteiger partial charge on any atom is -0.486 e. The Hall–Kier alpha value is -1.81. The van der Waals surface area contributed by atoms with Crippen LogP contribution in [0.4, 0.5) is 5.69 Å². The van der Waals surface area contributed by atoms with Gasteiger partial charge < -0.3 is 9.64 Å². The minimum absolute atomic E-state index is 0.324. The third-order valence-corrected chi connectivity index (χ3v) is 3.16. The van der Waals surface area contributed by atoms with E-state index in [1.165, 1.54) is 5.56 Å². The van der Waals surface area contributed by atoms with Gasteiger partial charge in [0, 0.05) is 6.54 Å². The summed E-state index contributed by atoms with van der Waals surface area (Å²) in [7, 11) is 0. The molecule has 0 saturated carbocycles. The summed E-state index contributed by atoms with van der Waals surface area (Å²) in [5.74, 6) is 0.633. The second-order valence-corrected chi connectivity index (χ2v) is 4.46. The van der Waals surface area contributed by atoms with E-state index in [1.54, 1.807) is 6.20 Å². The molecule has 0 radical (unpaired) electrons. The fraction of sp³-hybridized carbons (Fsp3) is 0.231. The molecule has 2 heterocycles. The van der Waals surface area contributed by atoms with Crippen molar-refractivity contribution >= 4 is 17.3 Å². The standard InChI is InChI=1S/C13H12ClN3O/c14-13-12-11(8-15-16-13)17(6-7-18-12)9-10-4-2-1-3-5-10/h1-5,8H,6-7,9H2. The van der Waals surface area contributed by atoms with Gasteiger partial charge in [-0.25, -0.2) is 0 Å². The van der Waals surface area contributed by atoms with Crippen molar-refractivity contribution in [2.45, 2.75) is 6.54 Å². The highest BCUT2D eigenvalue weighted by atomic mass is 35.5. The van der Waals surface area contributed by atoms with Crippen LogP contribution in [0.15, 0.2) is 36.5 Å². The molecule has 0 spiro atoms. The van der Waals surface area contributed by atoms with Crippen molar-refractivity contribution in [2.75, 3.05) is 18.1 Å². The lowest BCUT2D eigenvalue weighted by Gasteiger charge is -2.30. The first-order valence-electron chi connectivity index (χ1n) is 5.77. The van der Waals surface area contributed by atoms with Crippen LogP contribution >= 0.6 is 11.6 Å². The number of nitrogens with zero attached hydrogens (tertiary/aromatic N) is 3. The van der Waals surface area contributed by atoms with Gasteiger partial charge in [0.2, 0.25) is 0 Å². The summed E-state index contributed by atoms with van der Waals surface area (Å²) < 4.78 is 5.55. The second kappa shape index (κ2) is 4.82. The third-order valence-electron chi connectivity index (χ3n) is 2.91. The number of aromatic nitrogens is 2. The van der Waals surface area contributed by atoms with Gasteiger partial charge in [-0.15, -0.1) is 5.10 Å². The molecule has 1 aromatic carbocycles. The van der Waals surface area contributed by atoms with Crippen molar-refractivity contribution in [3.05, 3.63) is 47.2 Å². The summed E-state index contributed by atoms with van der Waals surface area (Å²) in [5.41, 5.74) is 2.16. The first-order valence-corrected chi connectivity index (χ1v) is 6.15. The zero-order valence-corrected chi connectivity index (χ0v) is 10.5. The van der Waals surface area contributed by atoms with Gasteiger partial charge in [0.05, 0.1) is 12.7 Å². The third kappa shape index (κ3) is 2.11. The van der Waals surface area contributed by atoms with Crippen LogP contribution in [-0.2, 0) is 6.54 Å². The molecule has 1 aromatic heterocycles. The molecule has 0 fully saturated rings. The molecule has 3 rings (SSSR count). The largest absolute Gasteiger partial charge is 0.486 e. The maximum Gasteiger partial charge on any atom is 0.195 e. The Morgan fingerprint density at radius 1 is 1.28 bits per heavy atom. The molecule has 0 amide bonds. The van der Waals surface area contributed by atoms with E-state index in [4.69, 9.17) is 16.3 Å². The van der Waals surface area contributed by atoms with E-state index in [0.29, 0.717) is 17.5 Å². The van der Waals surface area contributed by atoms with Crippen molar-refractivity contribution in [1.82, 2.24) is 10.2 Å². The number of anilines is 1. The molecule has 0 atom stereocenters. The van der Waals surface area contributed by atoms with Gasteiger partial charge in [0.25, 0.3) is 0 Å². The van der Waals surface area contributed by atoms with Crippen LogP contribution in [0, 0.1) is 0 Å². The molecule has 0 unspecified atom stereocenters. The first kappa shape index (κ1) is 11.3. The number of fused-ring (bicyclic) bond motifs is 1. The van der Waals surface area contributed by atoms with Crippen molar-refractivity contribution < 1.29 is 4.74 Å². The summed E-state index contributed by atoms with van der Waals surface area (Å²) in [6.45, 7) is 2.26. The number of hydrogen-bond acceptors (Lipinski definition) is 4. The van der Waals surface area contributed by atoms with Crippen LogP contribution in [-0.4, -0.2) is 23.3 Å². The number of ether oxygens (including phenoxy) is 1. The Bertz CT molecular complexity index is 547. The Labute approximate surface area is 110 Å². The zero-order chi connectivity index (χ0) is 12.4. The topological polar surface area (TPSA) is 38.3 Å². The molecule has 92 valence electrons. The molecular weight excluding hydrogens is 250 g/mol. The van der Waals surface area contributed by atoms with Crippen molar-refractivity contribution in [3.8, 4) is 5.75 Å². The molecular formula is C13H12ClN3O. The minimum atomic E-state index is 0.324. The van der Waals surface area contributed by atoms with Gasteiger partial charge in [-0.2, -0.15) is 5.10 Å². The van der Waals surface area contributed by atoms with Gasteiger partial charge in [0.1, 0.15) is 12.3 Å². The Balaban J connectivity index is 1.90. The van der Waals surface area contributed by atoms with E-state index in [9.17, 15) is 0 Å². The normalized spacial score (nSPS) is 13.9. The van der Waals surface area contributed by atoms with E-state index in [0.717, 1.165) is 18.8 Å². The second-order valence-electron chi connectivity index (χ2n) is 4.11. The van der Waals surface area contributed by atoms with Crippen molar-refractivity contribution in [3.63, 3.8) is 0 Å². The lowest BCUT2D eigenvalue weighted by molar-refractivity contribution is 0.305. The molecule has 2 aromatic rings. The quantitative estimate of drug-likeness (QED) is 0.833. The monoisotopic (exact) mass is 261 g/mol. The molecule has 18 heavy (non-hydrogen) atoms. The maximum atomic E-state index is 5.99. The number of benzene rings is 1. The van der Waals surface area contributed by atoms with Crippen molar-refractivity contribution in [2.24, 2.45) is 0 Å². The number of hydrogen-bond donors (Lipinski definition) is 0. The maximum absolute atomic E-state index is 5.99. The number of halogens is 1. The summed E-state index contributed by atoms with van der Waals surface area (Å²) in [6, 6.07) is 10.3. The number of rotatable bonds is 2. The van der Waals surface area contributed by atoms with Gasteiger partial charge in [-0.3, -0.25) is 0 Å². The van der Waals surface area contributed by atoms with Crippen LogP contribution in [0.1, 0.15) is 5.56 Å². The van der Waals surface area contributed by atoms with E-state index in [-0.39, 0.29) is 0 Å². The smallest absolute Gasteiger partial charge is 0.195 e. The predicted octanol–water partition coefficient (Wildman–Crippen LogP) is 2.53. The average molecular weight is 262 g/mol. The molecule has 5 heteroatoms. The molecule has 0 bridgehead atoms. The van der Waals surface area contributed by atoms with Crippen LogP contribution in [0.2, 0.25) is 5.15 Å². The van der Waals surface area contributed by atoms with E-state index in [2.05, 4.69) is 27.2 Å². The summed E-state index contributed by atoms with van der Waals surface area (Å²) >= 11 is 5.99. The highest BCUT2D eigenvalue weighted by Crippen LogP contribution is 2.36. The Morgan fingerprint density at radius 3 is 2.94 bits per heavy atom. The molecule has 1 aliphatic heterocycles. The van der Waals surface area contributed by atoms with E-state index >= 15 is 0 Å². The van der Waals surface area contributed by atoms with Gasteiger partial charge in [-0.1, -0.05) is 41.9 Å².